The van der Waals surface area contributed by atoms with Crippen LogP contribution in [0, 0.1) is 86.3 Å². The second-order valence-corrected chi connectivity index (χ2v) is 24.7. The average molecular weight is 937 g/mol. The van der Waals surface area contributed by atoms with Gasteiger partial charge in [0.25, 0.3) is 0 Å². The second-order valence-electron chi connectivity index (χ2n) is 24.7. The van der Waals surface area contributed by atoms with Crippen LogP contribution in [-0.4, -0.2) is 57.8 Å². The lowest BCUT2D eigenvalue weighted by Gasteiger charge is -2.72. The van der Waals surface area contributed by atoms with E-state index in [1.54, 1.807) is 0 Å². The van der Waals surface area contributed by atoms with Gasteiger partial charge in [0.1, 0.15) is 12.7 Å². The number of carbonyl (C=O) groups excluding carboxylic acids is 2. The fourth-order valence-electron chi connectivity index (χ4n) is 17.6. The van der Waals surface area contributed by atoms with Crippen LogP contribution in [0.5, 0.6) is 0 Å². The van der Waals surface area contributed by atoms with Crippen molar-refractivity contribution in [2.45, 2.75) is 192 Å². The summed E-state index contributed by atoms with van der Waals surface area (Å²) in [6, 6.07) is 21.7. The van der Waals surface area contributed by atoms with E-state index in [1.807, 2.05) is 6.92 Å². The van der Waals surface area contributed by atoms with Crippen molar-refractivity contribution in [3.8, 4) is 23.7 Å². The number of ether oxygens (including phenoxy) is 2. The first-order chi connectivity index (χ1) is 33.2. The van der Waals surface area contributed by atoms with E-state index in [-0.39, 0.29) is 48.6 Å². The van der Waals surface area contributed by atoms with E-state index >= 15 is 0 Å². The number of benzene rings is 2. The normalized spacial score (nSPS) is 40.7. The molecular formula is C62H80O7. The topological polar surface area (TPSA) is 113 Å². The molecule has 2 aromatic rings. The van der Waals surface area contributed by atoms with Gasteiger partial charge in [0.15, 0.2) is 0 Å². The summed E-state index contributed by atoms with van der Waals surface area (Å²) in [6.07, 6.45) is 18.1. The Kier molecular flexibility index (Phi) is 13.6. The zero-order chi connectivity index (χ0) is 48.1. The smallest absolute Gasteiger partial charge is 0.331 e. The Balaban J connectivity index is 1.03. The van der Waals surface area contributed by atoms with Crippen LogP contribution in [0.4, 0.5) is 0 Å². The van der Waals surface area contributed by atoms with Gasteiger partial charge in [0.2, 0.25) is 0 Å². The monoisotopic (exact) mass is 937 g/mol. The number of aryl methyl sites for hydroxylation is 2. The Hall–Kier alpha value is -3.88. The zero-order valence-corrected chi connectivity index (χ0v) is 42.0. The number of rotatable bonds is 15. The quantitative estimate of drug-likeness (QED) is 0.120. The number of aliphatic hydroxyl groups is 3. The highest BCUT2D eigenvalue weighted by Crippen LogP contribution is 2.74. The fraction of sp³-hybridized carbons (Fsp3) is 0.677. The molecule has 2 spiro atoms. The minimum absolute atomic E-state index is 0.112. The molecule has 7 nitrogen and oxygen atoms in total. The molecule has 0 saturated heterocycles. The van der Waals surface area contributed by atoms with Crippen LogP contribution in [0.25, 0.3) is 0 Å². The van der Waals surface area contributed by atoms with E-state index in [4.69, 9.17) is 9.47 Å². The lowest BCUT2D eigenvalue weighted by atomic mass is 9.34. The van der Waals surface area contributed by atoms with Crippen LogP contribution in [0.15, 0.2) is 72.3 Å². The van der Waals surface area contributed by atoms with Crippen LogP contribution >= 0.6 is 0 Å². The molecule has 15 atom stereocenters. The zero-order valence-electron chi connectivity index (χ0n) is 42.0. The van der Waals surface area contributed by atoms with Gasteiger partial charge in [0, 0.05) is 37.2 Å². The van der Waals surface area contributed by atoms with Crippen LogP contribution in [0.1, 0.15) is 167 Å². The van der Waals surface area contributed by atoms with Gasteiger partial charge in [0.05, 0.1) is 35.1 Å². The number of hydrogen-bond acceptors (Lipinski definition) is 7. The number of fused-ring (bicyclic) bond motifs is 6. The minimum atomic E-state index is -1.73. The molecule has 0 amide bonds. The molecule has 6 aliphatic carbocycles. The van der Waals surface area contributed by atoms with Gasteiger partial charge in [-0.25, -0.2) is 4.79 Å². The highest BCUT2D eigenvalue weighted by atomic mass is 16.5. The molecule has 5 fully saturated rings. The summed E-state index contributed by atoms with van der Waals surface area (Å²) >= 11 is 0. The maximum atomic E-state index is 14.4. The molecule has 370 valence electrons. The highest BCUT2D eigenvalue weighted by Gasteiger charge is 2.78. The van der Waals surface area contributed by atoms with Crippen molar-refractivity contribution in [1.82, 2.24) is 0 Å². The molecule has 6 bridgehead atoms. The summed E-state index contributed by atoms with van der Waals surface area (Å²) in [5.74, 6) is 15.3. The first kappa shape index (κ1) is 48.7. The number of aliphatic hydroxyl groups excluding tert-OH is 2. The van der Waals surface area contributed by atoms with Gasteiger partial charge in [-0.15, -0.1) is 11.8 Å². The van der Waals surface area contributed by atoms with Crippen molar-refractivity contribution < 1.29 is 34.4 Å². The van der Waals surface area contributed by atoms with Gasteiger partial charge in [-0.2, -0.15) is 0 Å². The van der Waals surface area contributed by atoms with Crippen molar-refractivity contribution in [1.29, 1.82) is 0 Å². The van der Waals surface area contributed by atoms with Gasteiger partial charge in [-0.3, -0.25) is 4.79 Å². The summed E-state index contributed by atoms with van der Waals surface area (Å²) in [4.78, 5) is 26.5. The third-order valence-corrected chi connectivity index (χ3v) is 20.8. The van der Waals surface area contributed by atoms with E-state index in [9.17, 15) is 24.9 Å². The second kappa shape index (κ2) is 19.3. The van der Waals surface area contributed by atoms with Gasteiger partial charge in [-0.05, 0) is 179 Å². The Morgan fingerprint density at radius 2 is 1.61 bits per heavy atom. The van der Waals surface area contributed by atoms with Crippen LogP contribution < -0.4 is 0 Å². The molecule has 2 heterocycles. The summed E-state index contributed by atoms with van der Waals surface area (Å²) in [5.41, 5.74) is -0.779. The molecule has 2 aromatic carbocycles. The molecule has 0 radical (unpaired) electrons. The Bertz CT molecular complexity index is 2350. The third-order valence-electron chi connectivity index (χ3n) is 20.8. The third kappa shape index (κ3) is 8.86. The molecule has 8 aliphatic rings. The number of esters is 2. The van der Waals surface area contributed by atoms with E-state index in [0.29, 0.717) is 61.7 Å². The van der Waals surface area contributed by atoms with Crippen molar-refractivity contribution in [3.63, 3.8) is 0 Å². The Labute approximate surface area is 413 Å². The molecule has 10 rings (SSSR count). The largest absolute Gasteiger partial charge is 0.462 e. The van der Waals surface area contributed by atoms with Crippen LogP contribution in [-0.2, 0) is 31.9 Å². The lowest BCUT2D eigenvalue weighted by Crippen LogP contribution is -2.79. The molecule has 0 aromatic heterocycles. The lowest BCUT2D eigenvalue weighted by molar-refractivity contribution is -0.340. The van der Waals surface area contributed by atoms with Crippen LogP contribution in [0.3, 0.4) is 0 Å². The van der Waals surface area contributed by atoms with Crippen molar-refractivity contribution in [2.75, 3.05) is 6.61 Å². The molecule has 2 aliphatic heterocycles. The molecule has 7 heteroatoms. The molecule has 15 unspecified atom stereocenters. The first-order valence-corrected chi connectivity index (χ1v) is 27.4. The van der Waals surface area contributed by atoms with Gasteiger partial charge in [-0.1, -0.05) is 92.8 Å². The van der Waals surface area contributed by atoms with E-state index < -0.39 is 46.1 Å². The molecular weight excluding hydrogens is 857 g/mol. The van der Waals surface area contributed by atoms with E-state index in [0.717, 1.165) is 63.4 Å². The standard InChI is InChI=1S/C62H80O7/c1-43(14-12-19-44-15-6-4-7-16-44)23-26-52(63)62-53(64)30-32-58(3,56(62)51-40-57(2,31-11-10-22-54(65)69-51)61(62,67)35-28-47-36-55(66)68-41-47)50-29-33-59-38-48(50)21-13-20-46-27-34-60(37-46,42-59)49(39-59)25-24-45-17-8-5-9-18-45/h4-9,15-18,36,43,46,48-53,56,63-64,67H,10,12,14,19-20,22-30,32-35,37-42H2,1-3H3. The minimum Gasteiger partial charge on any atom is -0.462 e. The summed E-state index contributed by atoms with van der Waals surface area (Å²) in [7, 11) is 0. The van der Waals surface area contributed by atoms with Crippen molar-refractivity contribution in [2.24, 2.45) is 62.6 Å². The van der Waals surface area contributed by atoms with E-state index in [2.05, 4.69) is 98.2 Å². The van der Waals surface area contributed by atoms with Gasteiger partial charge < -0.3 is 24.8 Å². The van der Waals surface area contributed by atoms with Crippen molar-refractivity contribution >= 4 is 11.9 Å². The number of cyclic esters (lactones) is 1. The Morgan fingerprint density at radius 3 is 2.36 bits per heavy atom. The summed E-state index contributed by atoms with van der Waals surface area (Å²) < 4.78 is 12.2. The summed E-state index contributed by atoms with van der Waals surface area (Å²) in [6.45, 7) is 6.79. The maximum absolute atomic E-state index is 14.4. The SMILES string of the molecule is CC(CCCc1ccccc1)CCC(O)C12C(O)CCC(C)(C3CCC45CC3C#CCC3CCC(C3)(C4)C(CCc3ccccc3)C5)C1C1CC(C)(C#CCCC(=O)O1)C2(O)CCC1=CC(=O)OC1. The van der Waals surface area contributed by atoms with Crippen molar-refractivity contribution in [3.05, 3.63) is 83.4 Å². The molecule has 5 saturated carbocycles. The first-order valence-electron chi connectivity index (χ1n) is 27.4. The number of carbonyl (C=O) groups is 2. The van der Waals surface area contributed by atoms with Crippen LogP contribution in [0.2, 0.25) is 0 Å². The maximum Gasteiger partial charge on any atom is 0.331 e. The van der Waals surface area contributed by atoms with E-state index in [1.165, 1.54) is 55.7 Å². The predicted octanol–water partition coefficient (Wildman–Crippen LogP) is 11.3. The Morgan fingerprint density at radius 1 is 0.841 bits per heavy atom. The molecule has 3 N–H and O–H groups in total. The predicted molar refractivity (Wildman–Crippen MR) is 269 cm³/mol. The fourth-order valence-corrected chi connectivity index (χ4v) is 17.6. The highest BCUT2D eigenvalue weighted by molar-refractivity contribution is 5.85. The molecule has 69 heavy (non-hydrogen) atoms. The number of hydrogen-bond donors (Lipinski definition) is 3. The van der Waals surface area contributed by atoms with Gasteiger partial charge >= 0.3 is 11.9 Å². The summed E-state index contributed by atoms with van der Waals surface area (Å²) in [5, 5.41) is 41.2. The average Bonchev–Trinajstić information content (AvgIpc) is 4.04.